The lowest BCUT2D eigenvalue weighted by atomic mass is 10.1. The Labute approximate surface area is 68.6 Å². The van der Waals surface area contributed by atoms with Crippen molar-refractivity contribution in [3.63, 3.8) is 0 Å². The minimum absolute atomic E-state index is 0.453. The van der Waals surface area contributed by atoms with Crippen molar-refractivity contribution in [2.45, 2.75) is 38.1 Å². The SMILES string of the molecule is CN(C)C1CCCC(=O)CC1. The van der Waals surface area contributed by atoms with Crippen LogP contribution >= 0.6 is 0 Å². The van der Waals surface area contributed by atoms with Gasteiger partial charge in [-0.1, -0.05) is 0 Å². The summed E-state index contributed by atoms with van der Waals surface area (Å²) < 4.78 is 0. The molecule has 0 N–H and O–H groups in total. The van der Waals surface area contributed by atoms with E-state index in [2.05, 4.69) is 19.0 Å². The summed E-state index contributed by atoms with van der Waals surface area (Å²) in [6.07, 6.45) is 4.94. The van der Waals surface area contributed by atoms with Gasteiger partial charge >= 0.3 is 0 Å². The van der Waals surface area contributed by atoms with Gasteiger partial charge in [0.25, 0.3) is 0 Å². The molecule has 64 valence electrons. The smallest absolute Gasteiger partial charge is 0.132 e. The zero-order valence-corrected chi connectivity index (χ0v) is 7.47. The van der Waals surface area contributed by atoms with Gasteiger partial charge in [-0.2, -0.15) is 0 Å². The summed E-state index contributed by atoms with van der Waals surface area (Å²) in [6.45, 7) is 0. The van der Waals surface area contributed by atoms with E-state index in [1.165, 1.54) is 6.42 Å². The molecule has 1 aliphatic rings. The van der Waals surface area contributed by atoms with E-state index in [1.54, 1.807) is 0 Å². The third kappa shape index (κ3) is 2.62. The highest BCUT2D eigenvalue weighted by Gasteiger charge is 2.17. The maximum atomic E-state index is 11.0. The second-order valence-electron chi connectivity index (χ2n) is 3.59. The molecule has 11 heavy (non-hydrogen) atoms. The minimum atomic E-state index is 0.453. The summed E-state index contributed by atoms with van der Waals surface area (Å²) in [5, 5.41) is 0. The molecule has 1 aliphatic carbocycles. The molecule has 0 amide bonds. The van der Waals surface area contributed by atoms with Crippen LogP contribution in [0.3, 0.4) is 0 Å². The van der Waals surface area contributed by atoms with Crippen molar-refractivity contribution in [3.8, 4) is 0 Å². The first-order chi connectivity index (χ1) is 5.20. The molecule has 0 aliphatic heterocycles. The molecule has 1 rings (SSSR count). The average molecular weight is 155 g/mol. The second kappa shape index (κ2) is 3.86. The van der Waals surface area contributed by atoms with Crippen molar-refractivity contribution in [1.82, 2.24) is 4.90 Å². The standard InChI is InChI=1S/C9H17NO/c1-10(2)8-4-3-5-9(11)7-6-8/h8H,3-7H2,1-2H3. The quantitative estimate of drug-likeness (QED) is 0.534. The maximum absolute atomic E-state index is 11.0. The first kappa shape index (κ1) is 8.72. The van der Waals surface area contributed by atoms with Crippen molar-refractivity contribution in [3.05, 3.63) is 0 Å². The van der Waals surface area contributed by atoms with Crippen LogP contribution in [0.15, 0.2) is 0 Å². The predicted molar refractivity (Wildman–Crippen MR) is 45.6 cm³/mol. The Hall–Kier alpha value is -0.370. The number of hydrogen-bond donors (Lipinski definition) is 0. The molecule has 2 heteroatoms. The topological polar surface area (TPSA) is 20.3 Å². The Bertz CT molecular complexity index is 142. The van der Waals surface area contributed by atoms with Gasteiger partial charge in [0.15, 0.2) is 0 Å². The van der Waals surface area contributed by atoms with Crippen LogP contribution in [0.1, 0.15) is 32.1 Å². The van der Waals surface area contributed by atoms with E-state index in [0.29, 0.717) is 11.8 Å². The summed E-state index contributed by atoms with van der Waals surface area (Å²) in [5.41, 5.74) is 0. The van der Waals surface area contributed by atoms with E-state index in [1.807, 2.05) is 0 Å². The third-order valence-corrected chi connectivity index (χ3v) is 2.48. The molecule has 1 unspecified atom stereocenters. The van der Waals surface area contributed by atoms with E-state index < -0.39 is 0 Å². The highest BCUT2D eigenvalue weighted by molar-refractivity contribution is 5.78. The van der Waals surface area contributed by atoms with Crippen LogP contribution in [-0.2, 0) is 4.79 Å². The van der Waals surface area contributed by atoms with E-state index in [0.717, 1.165) is 25.7 Å². The van der Waals surface area contributed by atoms with Crippen LogP contribution in [0, 0.1) is 0 Å². The third-order valence-electron chi connectivity index (χ3n) is 2.48. The van der Waals surface area contributed by atoms with E-state index in [9.17, 15) is 4.79 Å². The molecule has 0 spiro atoms. The predicted octanol–water partition coefficient (Wildman–Crippen LogP) is 1.45. The molecule has 0 aromatic carbocycles. The summed E-state index contributed by atoms with van der Waals surface area (Å²) in [7, 11) is 4.20. The van der Waals surface area contributed by atoms with E-state index in [4.69, 9.17) is 0 Å². The number of hydrogen-bond acceptors (Lipinski definition) is 2. The van der Waals surface area contributed by atoms with Gasteiger partial charge in [-0.05, 0) is 33.4 Å². The minimum Gasteiger partial charge on any atom is -0.306 e. The highest BCUT2D eigenvalue weighted by atomic mass is 16.1. The van der Waals surface area contributed by atoms with Crippen molar-refractivity contribution in [2.24, 2.45) is 0 Å². The van der Waals surface area contributed by atoms with Gasteiger partial charge in [0.2, 0.25) is 0 Å². The zero-order valence-electron chi connectivity index (χ0n) is 7.47. The van der Waals surface area contributed by atoms with Crippen molar-refractivity contribution in [2.75, 3.05) is 14.1 Å². The summed E-state index contributed by atoms with van der Waals surface area (Å²) in [4.78, 5) is 13.3. The summed E-state index contributed by atoms with van der Waals surface area (Å²) in [5.74, 6) is 0.453. The molecular formula is C9H17NO. The largest absolute Gasteiger partial charge is 0.306 e. The van der Waals surface area contributed by atoms with Crippen LogP contribution in [0.4, 0.5) is 0 Å². The molecule has 0 bridgehead atoms. The molecule has 1 atom stereocenters. The number of carbonyl (C=O) groups is 1. The first-order valence-electron chi connectivity index (χ1n) is 4.38. The van der Waals surface area contributed by atoms with Crippen LogP contribution in [0.25, 0.3) is 0 Å². The lowest BCUT2D eigenvalue weighted by molar-refractivity contribution is -0.118. The Morgan fingerprint density at radius 3 is 2.64 bits per heavy atom. The molecule has 0 heterocycles. The fraction of sp³-hybridized carbons (Fsp3) is 0.889. The molecule has 0 radical (unpaired) electrons. The first-order valence-corrected chi connectivity index (χ1v) is 4.38. The van der Waals surface area contributed by atoms with Gasteiger partial charge in [0.05, 0.1) is 0 Å². The molecule has 1 fully saturated rings. The second-order valence-corrected chi connectivity index (χ2v) is 3.59. The molecule has 2 nitrogen and oxygen atoms in total. The number of ketones is 1. The lowest BCUT2D eigenvalue weighted by Gasteiger charge is -2.21. The van der Waals surface area contributed by atoms with Gasteiger partial charge in [-0.3, -0.25) is 4.79 Å². The molecule has 0 aromatic heterocycles. The molecule has 0 aromatic rings. The Morgan fingerprint density at radius 1 is 1.27 bits per heavy atom. The van der Waals surface area contributed by atoms with Crippen LogP contribution in [-0.4, -0.2) is 30.8 Å². The Morgan fingerprint density at radius 2 is 2.00 bits per heavy atom. The fourth-order valence-corrected chi connectivity index (χ4v) is 1.65. The Kier molecular flexibility index (Phi) is 3.06. The molecule has 1 saturated carbocycles. The lowest BCUT2D eigenvalue weighted by Crippen LogP contribution is -2.27. The van der Waals surface area contributed by atoms with Gasteiger partial charge < -0.3 is 4.90 Å². The molecule has 0 saturated heterocycles. The van der Waals surface area contributed by atoms with Crippen LogP contribution < -0.4 is 0 Å². The van der Waals surface area contributed by atoms with Crippen molar-refractivity contribution in [1.29, 1.82) is 0 Å². The van der Waals surface area contributed by atoms with Gasteiger partial charge in [-0.25, -0.2) is 0 Å². The van der Waals surface area contributed by atoms with Crippen molar-refractivity contribution >= 4 is 5.78 Å². The van der Waals surface area contributed by atoms with Crippen LogP contribution in [0.2, 0.25) is 0 Å². The zero-order chi connectivity index (χ0) is 8.27. The number of Topliss-reactive ketones (excluding diaryl/α,β-unsaturated/α-hetero) is 1. The van der Waals surface area contributed by atoms with Gasteiger partial charge in [0, 0.05) is 18.9 Å². The summed E-state index contributed by atoms with van der Waals surface area (Å²) in [6, 6.07) is 0.640. The van der Waals surface area contributed by atoms with Gasteiger partial charge in [-0.15, -0.1) is 0 Å². The van der Waals surface area contributed by atoms with Gasteiger partial charge in [0.1, 0.15) is 5.78 Å². The number of nitrogens with zero attached hydrogens (tertiary/aromatic N) is 1. The van der Waals surface area contributed by atoms with Crippen molar-refractivity contribution < 1.29 is 4.79 Å². The van der Waals surface area contributed by atoms with Crippen LogP contribution in [0.5, 0.6) is 0 Å². The number of carbonyl (C=O) groups excluding carboxylic acids is 1. The average Bonchev–Trinajstić information content (AvgIpc) is 2.13. The Balaban J connectivity index is 2.40. The number of rotatable bonds is 1. The molecular weight excluding hydrogens is 138 g/mol. The normalized spacial score (nSPS) is 27.2. The maximum Gasteiger partial charge on any atom is 0.132 e. The van der Waals surface area contributed by atoms with E-state index in [-0.39, 0.29) is 0 Å². The fourth-order valence-electron chi connectivity index (χ4n) is 1.65. The monoisotopic (exact) mass is 155 g/mol. The van der Waals surface area contributed by atoms with E-state index >= 15 is 0 Å². The highest BCUT2D eigenvalue weighted by Crippen LogP contribution is 2.17. The summed E-state index contributed by atoms with van der Waals surface area (Å²) >= 11 is 0.